The summed E-state index contributed by atoms with van der Waals surface area (Å²) in [5, 5.41) is 7.21. The zero-order chi connectivity index (χ0) is 13.5. The van der Waals surface area contributed by atoms with Crippen LogP contribution >= 0.6 is 0 Å². The predicted octanol–water partition coefficient (Wildman–Crippen LogP) is 4.66. The number of nitrogens with one attached hydrogen (secondary N) is 1. The molecule has 2 heterocycles. The third-order valence-corrected chi connectivity index (χ3v) is 7.86. The molecule has 2 aliphatic rings. The number of piperidine rings is 1. The fourth-order valence-corrected chi connectivity index (χ4v) is 6.97. The van der Waals surface area contributed by atoms with E-state index in [9.17, 15) is 0 Å². The average Bonchev–Trinajstić information content (AvgIpc) is 2.44. The Morgan fingerprint density at radius 2 is 1.37 bits per heavy atom. The minimum atomic E-state index is 0.872. The summed E-state index contributed by atoms with van der Waals surface area (Å²) in [5.41, 5.74) is 0. The summed E-state index contributed by atoms with van der Waals surface area (Å²) in [7, 11) is 0. The Balaban J connectivity index is 1.81. The molecule has 0 aromatic rings. The third kappa shape index (κ3) is 4.76. The van der Waals surface area contributed by atoms with Crippen LogP contribution in [0.15, 0.2) is 0 Å². The summed E-state index contributed by atoms with van der Waals surface area (Å²) in [5.74, 6) is 2.08. The standard InChI is InChI=1S/C17H33NSe/c1-3-5-7-9-16-14-11-15(13-19-12-14)17(18-16)10-8-6-4-2/h14-18H,3-13H2,1-2H3. The summed E-state index contributed by atoms with van der Waals surface area (Å²) < 4.78 is 0. The Hall–Kier alpha value is 0.479. The number of rotatable bonds is 8. The molecule has 19 heavy (non-hydrogen) atoms. The van der Waals surface area contributed by atoms with Crippen LogP contribution in [-0.2, 0) is 0 Å². The predicted molar refractivity (Wildman–Crippen MR) is 86.0 cm³/mol. The van der Waals surface area contributed by atoms with Gasteiger partial charge in [-0.2, -0.15) is 0 Å². The Labute approximate surface area is 126 Å². The molecule has 2 fully saturated rings. The Morgan fingerprint density at radius 1 is 0.842 bits per heavy atom. The van der Waals surface area contributed by atoms with E-state index in [1.807, 2.05) is 0 Å². The first-order valence-electron chi connectivity index (χ1n) is 8.69. The quantitative estimate of drug-likeness (QED) is 0.504. The first-order valence-corrected chi connectivity index (χ1v) is 11.1. The monoisotopic (exact) mass is 331 g/mol. The van der Waals surface area contributed by atoms with Gasteiger partial charge in [0.15, 0.2) is 0 Å². The maximum absolute atomic E-state index is 4.08. The van der Waals surface area contributed by atoms with Crippen molar-refractivity contribution in [1.29, 1.82) is 0 Å². The minimum absolute atomic E-state index is 0.872. The molecule has 2 aliphatic heterocycles. The molecule has 2 saturated heterocycles. The molecule has 0 spiro atoms. The van der Waals surface area contributed by atoms with Gasteiger partial charge in [-0.1, -0.05) is 0 Å². The van der Waals surface area contributed by atoms with Crippen LogP contribution in [0.1, 0.15) is 71.6 Å². The average molecular weight is 330 g/mol. The molecule has 0 saturated carbocycles. The van der Waals surface area contributed by atoms with Crippen LogP contribution in [-0.4, -0.2) is 27.0 Å². The van der Waals surface area contributed by atoms with Gasteiger partial charge in [0, 0.05) is 0 Å². The molecule has 112 valence electrons. The van der Waals surface area contributed by atoms with E-state index in [1.54, 1.807) is 17.1 Å². The Morgan fingerprint density at radius 3 is 1.84 bits per heavy atom. The van der Waals surface area contributed by atoms with Crippen molar-refractivity contribution < 1.29 is 0 Å². The number of hydrogen-bond acceptors (Lipinski definition) is 1. The van der Waals surface area contributed by atoms with Crippen LogP contribution in [0, 0.1) is 11.8 Å². The topological polar surface area (TPSA) is 12.0 Å². The van der Waals surface area contributed by atoms with Gasteiger partial charge >= 0.3 is 126 Å². The molecule has 2 rings (SSSR count). The molecule has 0 aromatic carbocycles. The summed E-state index contributed by atoms with van der Waals surface area (Å²) in [4.78, 5) is 0. The van der Waals surface area contributed by atoms with E-state index in [4.69, 9.17) is 0 Å². The molecule has 0 aliphatic carbocycles. The van der Waals surface area contributed by atoms with Crippen molar-refractivity contribution in [3.05, 3.63) is 0 Å². The summed E-state index contributed by atoms with van der Waals surface area (Å²) >= 11 is 0.960. The van der Waals surface area contributed by atoms with E-state index in [0.717, 1.165) is 38.9 Å². The van der Waals surface area contributed by atoms with Crippen molar-refractivity contribution >= 4 is 15.0 Å². The fraction of sp³-hybridized carbons (Fsp3) is 1.00. The van der Waals surface area contributed by atoms with E-state index in [0.29, 0.717) is 0 Å². The van der Waals surface area contributed by atoms with Crippen molar-refractivity contribution in [3.63, 3.8) is 0 Å². The van der Waals surface area contributed by atoms with Crippen molar-refractivity contribution in [1.82, 2.24) is 5.32 Å². The third-order valence-electron chi connectivity index (χ3n) is 5.07. The van der Waals surface area contributed by atoms with E-state index >= 15 is 0 Å². The maximum atomic E-state index is 4.08. The van der Waals surface area contributed by atoms with Crippen molar-refractivity contribution in [2.45, 2.75) is 94.4 Å². The van der Waals surface area contributed by atoms with E-state index < -0.39 is 0 Å². The second-order valence-corrected chi connectivity index (χ2v) is 8.92. The van der Waals surface area contributed by atoms with Gasteiger partial charge in [0.2, 0.25) is 0 Å². The van der Waals surface area contributed by atoms with Gasteiger partial charge in [-0.15, -0.1) is 0 Å². The van der Waals surface area contributed by atoms with Crippen molar-refractivity contribution in [2.75, 3.05) is 0 Å². The molecular weight excluding hydrogens is 297 g/mol. The van der Waals surface area contributed by atoms with Crippen LogP contribution in [0.3, 0.4) is 0 Å². The summed E-state index contributed by atoms with van der Waals surface area (Å²) in [6.07, 6.45) is 12.9. The second kappa shape index (κ2) is 8.70. The zero-order valence-electron chi connectivity index (χ0n) is 13.0. The second-order valence-electron chi connectivity index (χ2n) is 6.66. The van der Waals surface area contributed by atoms with Gasteiger partial charge in [-0.05, 0) is 0 Å². The molecule has 4 atom stereocenters. The first kappa shape index (κ1) is 15.9. The number of hydrogen-bond donors (Lipinski definition) is 1. The number of fused-ring (bicyclic) bond motifs is 2. The van der Waals surface area contributed by atoms with Gasteiger partial charge in [0.05, 0.1) is 0 Å². The van der Waals surface area contributed by atoms with Crippen molar-refractivity contribution in [2.24, 2.45) is 11.8 Å². The molecular formula is C17H33NSe. The molecule has 1 nitrogen and oxygen atoms in total. The van der Waals surface area contributed by atoms with Crippen LogP contribution in [0.2, 0.25) is 10.6 Å². The fourth-order valence-electron chi connectivity index (χ4n) is 3.87. The van der Waals surface area contributed by atoms with Crippen LogP contribution in [0.5, 0.6) is 0 Å². The van der Waals surface area contributed by atoms with Crippen LogP contribution in [0.4, 0.5) is 0 Å². The molecule has 0 amide bonds. The Kier molecular flexibility index (Phi) is 7.26. The van der Waals surface area contributed by atoms with E-state index in [2.05, 4.69) is 19.2 Å². The van der Waals surface area contributed by atoms with Crippen molar-refractivity contribution in [3.8, 4) is 0 Å². The summed E-state index contributed by atoms with van der Waals surface area (Å²) in [6.45, 7) is 4.64. The molecule has 0 radical (unpaired) electrons. The molecule has 2 heteroatoms. The zero-order valence-corrected chi connectivity index (χ0v) is 14.7. The van der Waals surface area contributed by atoms with E-state index in [-0.39, 0.29) is 0 Å². The van der Waals surface area contributed by atoms with Crippen LogP contribution < -0.4 is 5.32 Å². The first-order chi connectivity index (χ1) is 9.35. The van der Waals surface area contributed by atoms with Gasteiger partial charge < -0.3 is 0 Å². The normalized spacial score (nSPS) is 34.4. The number of unbranched alkanes of at least 4 members (excludes halogenated alkanes) is 4. The molecule has 0 aromatic heterocycles. The summed E-state index contributed by atoms with van der Waals surface area (Å²) in [6, 6.07) is 1.74. The van der Waals surface area contributed by atoms with Gasteiger partial charge in [0.1, 0.15) is 0 Å². The SMILES string of the molecule is CCCCCC1NC(CCCCC)C2C[Se]CC1C2. The van der Waals surface area contributed by atoms with Gasteiger partial charge in [0.25, 0.3) is 0 Å². The van der Waals surface area contributed by atoms with Gasteiger partial charge in [-0.25, -0.2) is 0 Å². The molecule has 2 bridgehead atoms. The van der Waals surface area contributed by atoms with E-state index in [1.165, 1.54) is 51.4 Å². The molecule has 1 N–H and O–H groups in total. The Bertz CT molecular complexity index is 221. The van der Waals surface area contributed by atoms with Gasteiger partial charge in [-0.3, -0.25) is 0 Å². The van der Waals surface area contributed by atoms with Crippen LogP contribution in [0.25, 0.3) is 0 Å². The molecule has 4 unspecified atom stereocenters.